The van der Waals surface area contributed by atoms with E-state index in [1.54, 1.807) is 0 Å². The van der Waals surface area contributed by atoms with E-state index in [2.05, 4.69) is 4.98 Å². The zero-order chi connectivity index (χ0) is 13.5. The van der Waals surface area contributed by atoms with Crippen molar-refractivity contribution in [2.75, 3.05) is 6.79 Å². The summed E-state index contributed by atoms with van der Waals surface area (Å²) in [6, 6.07) is 15.7. The molecule has 0 fully saturated rings. The summed E-state index contributed by atoms with van der Waals surface area (Å²) in [5.74, 6) is 1.51. The molecule has 2 heterocycles. The molecule has 0 saturated heterocycles. The molecule has 20 heavy (non-hydrogen) atoms. The van der Waals surface area contributed by atoms with Crippen LogP contribution in [0.4, 0.5) is 0 Å². The van der Waals surface area contributed by atoms with Gasteiger partial charge in [0.15, 0.2) is 11.5 Å². The van der Waals surface area contributed by atoms with Crippen molar-refractivity contribution < 1.29 is 9.47 Å². The van der Waals surface area contributed by atoms with Gasteiger partial charge in [-0.15, -0.1) is 0 Å². The van der Waals surface area contributed by atoms with Gasteiger partial charge >= 0.3 is 0 Å². The molecule has 1 aliphatic rings. The van der Waals surface area contributed by atoms with E-state index in [-0.39, 0.29) is 6.79 Å². The fraction of sp³-hybridized carbons (Fsp3) is 0.0625. The molecule has 0 N–H and O–H groups in total. The number of fused-ring (bicyclic) bond motifs is 2. The number of hydrogen-bond donors (Lipinski definition) is 0. The van der Waals surface area contributed by atoms with Gasteiger partial charge in [-0.2, -0.15) is 0 Å². The van der Waals surface area contributed by atoms with Gasteiger partial charge in [-0.3, -0.25) is 0 Å². The molecule has 1 aromatic heterocycles. The van der Waals surface area contributed by atoms with Crippen molar-refractivity contribution in [2.45, 2.75) is 0 Å². The first kappa shape index (κ1) is 11.6. The summed E-state index contributed by atoms with van der Waals surface area (Å²) < 4.78 is 10.7. The van der Waals surface area contributed by atoms with Crippen molar-refractivity contribution in [2.24, 2.45) is 0 Å². The van der Waals surface area contributed by atoms with Crippen LogP contribution < -0.4 is 9.47 Å². The minimum absolute atomic E-state index is 0.269. The summed E-state index contributed by atoms with van der Waals surface area (Å²) in [4.78, 5) is 4.47. The van der Waals surface area contributed by atoms with E-state index in [9.17, 15) is 0 Å². The predicted molar refractivity (Wildman–Crippen MR) is 78.3 cm³/mol. The van der Waals surface area contributed by atoms with E-state index < -0.39 is 0 Å². The van der Waals surface area contributed by atoms with Crippen LogP contribution in [-0.2, 0) is 0 Å². The first-order chi connectivity index (χ1) is 9.81. The number of hydrogen-bond acceptors (Lipinski definition) is 3. The largest absolute Gasteiger partial charge is 0.454 e. The summed E-state index contributed by atoms with van der Waals surface area (Å²) in [6.45, 7) is 0.269. The molecular weight excluding hydrogens is 274 g/mol. The number of halogens is 1. The molecule has 0 aliphatic carbocycles. The Balaban J connectivity index is 1.90. The molecular formula is C16H10ClNO2. The first-order valence-electron chi connectivity index (χ1n) is 6.26. The fourth-order valence-electron chi connectivity index (χ4n) is 2.36. The Labute approximate surface area is 120 Å². The van der Waals surface area contributed by atoms with Crippen molar-refractivity contribution in [3.8, 4) is 22.8 Å². The van der Waals surface area contributed by atoms with Crippen LogP contribution in [0, 0.1) is 0 Å². The Morgan fingerprint density at radius 1 is 0.950 bits per heavy atom. The van der Waals surface area contributed by atoms with Crippen LogP contribution in [0.3, 0.4) is 0 Å². The van der Waals surface area contributed by atoms with Crippen LogP contribution in [0.1, 0.15) is 0 Å². The van der Waals surface area contributed by atoms with Crippen molar-refractivity contribution in [3.63, 3.8) is 0 Å². The standard InChI is InChI=1S/C16H10ClNO2/c17-16-12-4-2-1-3-10(12)7-13(18-16)11-5-6-14-15(8-11)20-9-19-14/h1-8H,9H2. The SMILES string of the molecule is Clc1nc(-c2ccc3c(c2)OCO3)cc2ccccc12. The molecule has 0 radical (unpaired) electrons. The molecule has 0 saturated carbocycles. The second-order valence-electron chi connectivity index (χ2n) is 4.59. The topological polar surface area (TPSA) is 31.4 Å². The molecule has 4 heteroatoms. The number of rotatable bonds is 1. The monoisotopic (exact) mass is 283 g/mol. The van der Waals surface area contributed by atoms with Crippen LogP contribution in [0.15, 0.2) is 48.5 Å². The molecule has 0 bridgehead atoms. The summed E-state index contributed by atoms with van der Waals surface area (Å²) in [5, 5.41) is 2.54. The summed E-state index contributed by atoms with van der Waals surface area (Å²) in [6.07, 6.45) is 0. The molecule has 0 unspecified atom stereocenters. The van der Waals surface area contributed by atoms with E-state index in [1.807, 2.05) is 48.5 Å². The van der Waals surface area contributed by atoms with Gasteiger partial charge in [0.05, 0.1) is 5.69 Å². The highest BCUT2D eigenvalue weighted by atomic mass is 35.5. The molecule has 98 valence electrons. The lowest BCUT2D eigenvalue weighted by Gasteiger charge is -2.06. The average Bonchev–Trinajstić information content (AvgIpc) is 2.94. The Bertz CT molecular complexity index is 817. The molecule has 0 amide bonds. The van der Waals surface area contributed by atoms with Crippen LogP contribution in [0.25, 0.3) is 22.0 Å². The van der Waals surface area contributed by atoms with Gasteiger partial charge in [-0.1, -0.05) is 35.9 Å². The quantitative estimate of drug-likeness (QED) is 0.625. The van der Waals surface area contributed by atoms with E-state index in [0.29, 0.717) is 5.15 Å². The van der Waals surface area contributed by atoms with Crippen molar-refractivity contribution in [1.82, 2.24) is 4.98 Å². The molecule has 3 aromatic rings. The van der Waals surface area contributed by atoms with Crippen LogP contribution in [0.2, 0.25) is 5.15 Å². The number of benzene rings is 2. The zero-order valence-electron chi connectivity index (χ0n) is 10.5. The maximum Gasteiger partial charge on any atom is 0.231 e. The highest BCUT2D eigenvalue weighted by molar-refractivity contribution is 6.34. The molecule has 2 aromatic carbocycles. The van der Waals surface area contributed by atoms with Gasteiger partial charge in [0.2, 0.25) is 6.79 Å². The van der Waals surface area contributed by atoms with Gasteiger partial charge in [-0.25, -0.2) is 4.98 Å². The van der Waals surface area contributed by atoms with Gasteiger partial charge in [0.25, 0.3) is 0 Å². The second kappa shape index (κ2) is 4.39. The van der Waals surface area contributed by atoms with Gasteiger partial charge < -0.3 is 9.47 Å². The van der Waals surface area contributed by atoms with E-state index >= 15 is 0 Å². The number of ether oxygens (including phenoxy) is 2. The zero-order valence-corrected chi connectivity index (χ0v) is 11.2. The highest BCUT2D eigenvalue weighted by Crippen LogP contribution is 2.36. The van der Waals surface area contributed by atoms with Gasteiger partial charge in [0, 0.05) is 10.9 Å². The summed E-state index contributed by atoms with van der Waals surface area (Å²) >= 11 is 6.26. The number of pyridine rings is 1. The predicted octanol–water partition coefficient (Wildman–Crippen LogP) is 4.28. The van der Waals surface area contributed by atoms with E-state index in [4.69, 9.17) is 21.1 Å². The van der Waals surface area contributed by atoms with Crippen molar-refractivity contribution in [3.05, 3.63) is 53.7 Å². The lowest BCUT2D eigenvalue weighted by atomic mass is 10.1. The van der Waals surface area contributed by atoms with Gasteiger partial charge in [-0.05, 0) is 29.7 Å². The Kier molecular flexibility index (Phi) is 2.54. The number of nitrogens with zero attached hydrogens (tertiary/aromatic N) is 1. The fourth-order valence-corrected chi connectivity index (χ4v) is 2.62. The lowest BCUT2D eigenvalue weighted by molar-refractivity contribution is 0.174. The number of aromatic nitrogens is 1. The highest BCUT2D eigenvalue weighted by Gasteiger charge is 2.15. The molecule has 0 spiro atoms. The normalized spacial score (nSPS) is 12.8. The lowest BCUT2D eigenvalue weighted by Crippen LogP contribution is -1.92. The van der Waals surface area contributed by atoms with Crippen molar-refractivity contribution in [1.29, 1.82) is 0 Å². The molecule has 1 aliphatic heterocycles. The molecule has 3 nitrogen and oxygen atoms in total. The van der Waals surface area contributed by atoms with Gasteiger partial charge in [0.1, 0.15) is 5.15 Å². The molecule has 4 rings (SSSR count). The average molecular weight is 284 g/mol. The molecule has 0 atom stereocenters. The third kappa shape index (κ3) is 1.79. The third-order valence-electron chi connectivity index (χ3n) is 3.36. The second-order valence-corrected chi connectivity index (χ2v) is 4.95. The smallest absolute Gasteiger partial charge is 0.231 e. The minimum Gasteiger partial charge on any atom is -0.454 e. The summed E-state index contributed by atoms with van der Waals surface area (Å²) in [5.41, 5.74) is 1.79. The Morgan fingerprint density at radius 3 is 2.75 bits per heavy atom. The summed E-state index contributed by atoms with van der Waals surface area (Å²) in [7, 11) is 0. The van der Waals surface area contributed by atoms with Crippen LogP contribution in [-0.4, -0.2) is 11.8 Å². The minimum atomic E-state index is 0.269. The van der Waals surface area contributed by atoms with E-state index in [0.717, 1.165) is 33.5 Å². The first-order valence-corrected chi connectivity index (χ1v) is 6.64. The maximum absolute atomic E-state index is 6.26. The maximum atomic E-state index is 6.26. The van der Waals surface area contributed by atoms with Crippen molar-refractivity contribution >= 4 is 22.4 Å². The van der Waals surface area contributed by atoms with E-state index in [1.165, 1.54) is 0 Å². The Morgan fingerprint density at radius 2 is 1.80 bits per heavy atom. The van der Waals surface area contributed by atoms with Crippen LogP contribution >= 0.6 is 11.6 Å². The Hall–Kier alpha value is -2.26. The third-order valence-corrected chi connectivity index (χ3v) is 3.65. The van der Waals surface area contributed by atoms with Crippen LogP contribution in [0.5, 0.6) is 11.5 Å².